The topological polar surface area (TPSA) is 49.5 Å². The van der Waals surface area contributed by atoms with Crippen LogP contribution in [0.25, 0.3) is 0 Å². The molecule has 1 N–H and O–H groups in total. The van der Waals surface area contributed by atoms with Crippen molar-refractivity contribution in [3.63, 3.8) is 0 Å². The minimum absolute atomic E-state index is 0.00174. The molecule has 0 radical (unpaired) electrons. The summed E-state index contributed by atoms with van der Waals surface area (Å²) in [6.45, 7) is 10.5. The molecule has 1 fully saturated rings. The van der Waals surface area contributed by atoms with E-state index in [0.717, 1.165) is 24.6 Å². The molecule has 96 valence electrons. The summed E-state index contributed by atoms with van der Waals surface area (Å²) >= 11 is 0. The van der Waals surface area contributed by atoms with Gasteiger partial charge in [-0.25, -0.2) is 4.98 Å². The highest BCUT2D eigenvalue weighted by atomic mass is 16.4. The molecule has 4 heteroatoms. The van der Waals surface area contributed by atoms with Crippen LogP contribution in [0.15, 0.2) is 10.6 Å². The third kappa shape index (κ3) is 3.07. The first kappa shape index (κ1) is 12.6. The van der Waals surface area contributed by atoms with E-state index in [2.05, 4.69) is 30.7 Å². The summed E-state index contributed by atoms with van der Waals surface area (Å²) in [4.78, 5) is 6.48. The Hall–Kier alpha value is -0.870. The maximum atomic E-state index is 9.88. The van der Waals surface area contributed by atoms with Crippen LogP contribution in [0.1, 0.15) is 45.8 Å². The first-order valence-corrected chi connectivity index (χ1v) is 6.16. The third-order valence-electron chi connectivity index (χ3n) is 3.18. The fourth-order valence-electron chi connectivity index (χ4n) is 2.10. The molecule has 1 aromatic rings. The zero-order chi connectivity index (χ0) is 12.7. The van der Waals surface area contributed by atoms with Gasteiger partial charge in [0.1, 0.15) is 5.76 Å². The summed E-state index contributed by atoms with van der Waals surface area (Å²) in [5.41, 5.74) is -0.554. The number of likely N-dealkylation sites (tertiary alicyclic amines) is 1. The molecule has 2 rings (SSSR count). The first-order chi connectivity index (χ1) is 7.76. The average molecular weight is 238 g/mol. The van der Waals surface area contributed by atoms with Gasteiger partial charge in [-0.1, -0.05) is 20.8 Å². The Kier molecular flexibility index (Phi) is 3.04. The minimum atomic E-state index is -0.556. The van der Waals surface area contributed by atoms with E-state index in [9.17, 15) is 5.11 Å². The molecular formula is C13H22N2O2. The predicted octanol–water partition coefficient (Wildman–Crippen LogP) is 1.93. The maximum Gasteiger partial charge on any atom is 0.208 e. The van der Waals surface area contributed by atoms with E-state index in [0.29, 0.717) is 13.1 Å². The number of nitrogens with zero attached hydrogens (tertiary/aromatic N) is 2. The summed E-state index contributed by atoms with van der Waals surface area (Å²) in [5.74, 6) is 1.66. The van der Waals surface area contributed by atoms with Gasteiger partial charge in [-0.05, 0) is 13.3 Å². The van der Waals surface area contributed by atoms with E-state index in [1.54, 1.807) is 0 Å². The Balaban J connectivity index is 1.99. The van der Waals surface area contributed by atoms with Crippen LogP contribution in [-0.2, 0) is 12.0 Å². The predicted molar refractivity (Wildman–Crippen MR) is 65.7 cm³/mol. The lowest BCUT2D eigenvalue weighted by Gasteiger charge is -2.17. The van der Waals surface area contributed by atoms with Crippen LogP contribution in [0.3, 0.4) is 0 Å². The SMILES string of the molecule is CC1(O)CCN(Cc2ncc(C(C)(C)C)o2)C1. The first-order valence-electron chi connectivity index (χ1n) is 6.16. The largest absolute Gasteiger partial charge is 0.444 e. The van der Waals surface area contributed by atoms with Crippen molar-refractivity contribution < 1.29 is 9.52 Å². The molecule has 1 unspecified atom stereocenters. The minimum Gasteiger partial charge on any atom is -0.444 e. The zero-order valence-electron chi connectivity index (χ0n) is 11.2. The van der Waals surface area contributed by atoms with E-state index >= 15 is 0 Å². The average Bonchev–Trinajstić information content (AvgIpc) is 2.72. The molecule has 1 aliphatic heterocycles. The number of rotatable bonds is 2. The molecule has 1 saturated heterocycles. The third-order valence-corrected chi connectivity index (χ3v) is 3.18. The Morgan fingerprint density at radius 1 is 1.53 bits per heavy atom. The van der Waals surface area contributed by atoms with Crippen molar-refractivity contribution in [2.75, 3.05) is 13.1 Å². The molecule has 0 spiro atoms. The van der Waals surface area contributed by atoms with Crippen LogP contribution in [0, 0.1) is 0 Å². The van der Waals surface area contributed by atoms with E-state index in [1.807, 2.05) is 13.1 Å². The lowest BCUT2D eigenvalue weighted by Crippen LogP contribution is -2.29. The normalized spacial score (nSPS) is 26.6. The molecule has 0 aromatic carbocycles. The smallest absolute Gasteiger partial charge is 0.208 e. The lowest BCUT2D eigenvalue weighted by atomic mass is 9.94. The number of aliphatic hydroxyl groups is 1. The summed E-state index contributed by atoms with van der Waals surface area (Å²) in [5, 5.41) is 9.88. The fourth-order valence-corrected chi connectivity index (χ4v) is 2.10. The van der Waals surface area contributed by atoms with Crippen molar-refractivity contribution in [2.45, 2.75) is 51.7 Å². The van der Waals surface area contributed by atoms with Gasteiger partial charge in [-0.15, -0.1) is 0 Å². The Morgan fingerprint density at radius 3 is 2.71 bits per heavy atom. The summed E-state index contributed by atoms with van der Waals surface area (Å²) in [6.07, 6.45) is 2.63. The summed E-state index contributed by atoms with van der Waals surface area (Å²) in [6, 6.07) is 0. The van der Waals surface area contributed by atoms with Crippen molar-refractivity contribution in [1.82, 2.24) is 9.88 Å². The Morgan fingerprint density at radius 2 is 2.24 bits per heavy atom. The van der Waals surface area contributed by atoms with Gasteiger partial charge >= 0.3 is 0 Å². The fraction of sp³-hybridized carbons (Fsp3) is 0.769. The maximum absolute atomic E-state index is 9.88. The summed E-state index contributed by atoms with van der Waals surface area (Å²) in [7, 11) is 0. The molecule has 0 amide bonds. The standard InChI is InChI=1S/C13H22N2O2/c1-12(2,3)10-7-14-11(17-10)8-15-6-5-13(4,16)9-15/h7,16H,5-6,8-9H2,1-4H3. The number of aromatic nitrogens is 1. The second kappa shape index (κ2) is 4.10. The van der Waals surface area contributed by atoms with Crippen molar-refractivity contribution in [1.29, 1.82) is 0 Å². The highest BCUT2D eigenvalue weighted by molar-refractivity contribution is 5.06. The monoisotopic (exact) mass is 238 g/mol. The van der Waals surface area contributed by atoms with Crippen molar-refractivity contribution in [2.24, 2.45) is 0 Å². The van der Waals surface area contributed by atoms with Gasteiger partial charge in [-0.2, -0.15) is 0 Å². The van der Waals surface area contributed by atoms with Gasteiger partial charge in [0, 0.05) is 18.5 Å². The van der Waals surface area contributed by atoms with Crippen LogP contribution >= 0.6 is 0 Å². The molecule has 0 aliphatic carbocycles. The molecular weight excluding hydrogens is 216 g/mol. The van der Waals surface area contributed by atoms with Crippen molar-refractivity contribution in [3.05, 3.63) is 17.8 Å². The van der Waals surface area contributed by atoms with E-state index in [4.69, 9.17) is 4.42 Å². The molecule has 1 atom stereocenters. The lowest BCUT2D eigenvalue weighted by molar-refractivity contribution is 0.0667. The quantitative estimate of drug-likeness (QED) is 0.855. The number of oxazole rings is 1. The van der Waals surface area contributed by atoms with E-state index in [1.165, 1.54) is 0 Å². The Bertz CT molecular complexity index is 390. The van der Waals surface area contributed by atoms with Gasteiger partial charge in [0.15, 0.2) is 0 Å². The second-order valence-electron chi connectivity index (χ2n) is 6.33. The van der Waals surface area contributed by atoms with E-state index < -0.39 is 5.60 Å². The van der Waals surface area contributed by atoms with E-state index in [-0.39, 0.29) is 5.41 Å². The van der Waals surface area contributed by atoms with Gasteiger partial charge < -0.3 is 9.52 Å². The zero-order valence-corrected chi connectivity index (χ0v) is 11.2. The van der Waals surface area contributed by atoms with Crippen molar-refractivity contribution in [3.8, 4) is 0 Å². The second-order valence-corrected chi connectivity index (χ2v) is 6.33. The number of β-amino-alcohol motifs (C(OH)–C–C–N with tert-alkyl or cyclic N) is 1. The number of hydrogen-bond acceptors (Lipinski definition) is 4. The van der Waals surface area contributed by atoms with Crippen LogP contribution < -0.4 is 0 Å². The molecule has 1 aliphatic rings. The Labute approximate surface area is 103 Å². The van der Waals surface area contributed by atoms with Gasteiger partial charge in [0.25, 0.3) is 0 Å². The molecule has 0 saturated carbocycles. The highest BCUT2D eigenvalue weighted by Gasteiger charge is 2.32. The number of hydrogen-bond donors (Lipinski definition) is 1. The van der Waals surface area contributed by atoms with Crippen LogP contribution in [0.5, 0.6) is 0 Å². The molecule has 1 aromatic heterocycles. The van der Waals surface area contributed by atoms with Crippen LogP contribution in [0.4, 0.5) is 0 Å². The highest BCUT2D eigenvalue weighted by Crippen LogP contribution is 2.25. The van der Waals surface area contributed by atoms with Gasteiger partial charge in [0.05, 0.1) is 18.3 Å². The van der Waals surface area contributed by atoms with Gasteiger partial charge in [0.2, 0.25) is 5.89 Å². The summed E-state index contributed by atoms with van der Waals surface area (Å²) < 4.78 is 5.74. The molecule has 17 heavy (non-hydrogen) atoms. The van der Waals surface area contributed by atoms with Crippen molar-refractivity contribution >= 4 is 0 Å². The van der Waals surface area contributed by atoms with Gasteiger partial charge in [-0.3, -0.25) is 4.90 Å². The van der Waals surface area contributed by atoms with Crippen LogP contribution in [0.2, 0.25) is 0 Å². The molecule has 2 heterocycles. The molecule has 4 nitrogen and oxygen atoms in total. The molecule has 0 bridgehead atoms. The van der Waals surface area contributed by atoms with Crippen LogP contribution in [-0.4, -0.2) is 33.7 Å².